The van der Waals surface area contributed by atoms with Crippen LogP contribution in [0.3, 0.4) is 0 Å². The fraction of sp³-hybridized carbons (Fsp3) is 0.333. The molecule has 6 nitrogen and oxygen atoms in total. The Balaban J connectivity index is 2.27. The van der Waals surface area contributed by atoms with Gasteiger partial charge in [-0.3, -0.25) is 0 Å². The number of carbonyl (C=O) groups excluding carboxylic acids is 1. The van der Waals surface area contributed by atoms with E-state index in [0.29, 0.717) is 24.5 Å². The van der Waals surface area contributed by atoms with Crippen LogP contribution in [0.5, 0.6) is 0 Å². The molecule has 0 unspecified atom stereocenters. The second kappa shape index (κ2) is 5.87. The highest BCUT2D eigenvalue weighted by molar-refractivity contribution is 5.91. The van der Waals surface area contributed by atoms with Crippen molar-refractivity contribution in [3.8, 4) is 0 Å². The molecule has 0 aliphatic rings. The molecule has 2 aromatic heterocycles. The van der Waals surface area contributed by atoms with Crippen LogP contribution in [0.1, 0.15) is 45.0 Å². The molecule has 0 radical (unpaired) electrons. The molecule has 2 rings (SSSR count). The first-order valence-corrected chi connectivity index (χ1v) is 6.60. The molecule has 21 heavy (non-hydrogen) atoms. The standard InChI is InChI=1S/C15H17NO5/c1-4-20-15(19)12-7-9(2)16(10(12)3)8-11-5-6-13(21-11)14(17)18/h5-7H,4,8H2,1-3H3,(H,17,18). The van der Waals surface area contributed by atoms with E-state index >= 15 is 0 Å². The van der Waals surface area contributed by atoms with Gasteiger partial charge in [-0.2, -0.15) is 0 Å². The highest BCUT2D eigenvalue weighted by Crippen LogP contribution is 2.19. The van der Waals surface area contributed by atoms with E-state index in [2.05, 4.69) is 0 Å². The van der Waals surface area contributed by atoms with Gasteiger partial charge in [-0.25, -0.2) is 9.59 Å². The first kappa shape index (κ1) is 14.9. The molecule has 0 aliphatic carbocycles. The third kappa shape index (κ3) is 2.99. The summed E-state index contributed by atoms with van der Waals surface area (Å²) in [6.07, 6.45) is 0. The number of nitrogens with zero attached hydrogens (tertiary/aromatic N) is 1. The van der Waals surface area contributed by atoms with Crippen molar-refractivity contribution in [1.82, 2.24) is 4.57 Å². The summed E-state index contributed by atoms with van der Waals surface area (Å²) in [6, 6.07) is 4.79. The number of furan rings is 1. The Morgan fingerprint density at radius 2 is 2.05 bits per heavy atom. The van der Waals surface area contributed by atoms with Crippen molar-refractivity contribution in [3.05, 3.63) is 46.7 Å². The Labute approximate surface area is 121 Å². The molecule has 0 saturated heterocycles. The van der Waals surface area contributed by atoms with Crippen LogP contribution in [0.2, 0.25) is 0 Å². The SMILES string of the molecule is CCOC(=O)c1cc(C)n(Cc2ccc(C(=O)O)o2)c1C. The zero-order chi connectivity index (χ0) is 15.6. The smallest absolute Gasteiger partial charge is 0.371 e. The summed E-state index contributed by atoms with van der Waals surface area (Å²) in [4.78, 5) is 22.6. The minimum atomic E-state index is -1.10. The number of carboxylic acids is 1. The lowest BCUT2D eigenvalue weighted by atomic mass is 10.2. The van der Waals surface area contributed by atoms with E-state index in [1.807, 2.05) is 18.4 Å². The fourth-order valence-corrected chi connectivity index (χ4v) is 2.19. The van der Waals surface area contributed by atoms with Gasteiger partial charge in [-0.15, -0.1) is 0 Å². The lowest BCUT2D eigenvalue weighted by Crippen LogP contribution is -2.08. The van der Waals surface area contributed by atoms with Gasteiger partial charge in [-0.1, -0.05) is 0 Å². The van der Waals surface area contributed by atoms with Crippen molar-refractivity contribution in [3.63, 3.8) is 0 Å². The minimum absolute atomic E-state index is 0.0990. The van der Waals surface area contributed by atoms with Crippen LogP contribution in [-0.2, 0) is 11.3 Å². The number of aryl methyl sites for hydroxylation is 1. The van der Waals surface area contributed by atoms with Crippen LogP contribution in [0.25, 0.3) is 0 Å². The Morgan fingerprint density at radius 1 is 1.33 bits per heavy atom. The fourth-order valence-electron chi connectivity index (χ4n) is 2.19. The predicted molar refractivity (Wildman–Crippen MR) is 74.6 cm³/mol. The van der Waals surface area contributed by atoms with Crippen molar-refractivity contribution in [2.24, 2.45) is 0 Å². The molecule has 0 bridgehead atoms. The zero-order valence-electron chi connectivity index (χ0n) is 12.2. The van der Waals surface area contributed by atoms with E-state index in [4.69, 9.17) is 14.3 Å². The van der Waals surface area contributed by atoms with Crippen molar-refractivity contribution < 1.29 is 23.8 Å². The highest BCUT2D eigenvalue weighted by Gasteiger charge is 2.18. The van der Waals surface area contributed by atoms with Crippen molar-refractivity contribution >= 4 is 11.9 Å². The Hall–Kier alpha value is -2.50. The summed E-state index contributed by atoms with van der Waals surface area (Å²) in [5.41, 5.74) is 2.16. The lowest BCUT2D eigenvalue weighted by Gasteiger charge is -2.07. The maximum Gasteiger partial charge on any atom is 0.371 e. The van der Waals surface area contributed by atoms with Crippen LogP contribution < -0.4 is 0 Å². The maximum absolute atomic E-state index is 11.8. The molecule has 0 amide bonds. The van der Waals surface area contributed by atoms with Gasteiger partial charge in [0.2, 0.25) is 5.76 Å². The second-order valence-electron chi connectivity index (χ2n) is 4.66. The number of aromatic carboxylic acids is 1. The predicted octanol–water partition coefficient (Wildman–Crippen LogP) is 2.62. The highest BCUT2D eigenvalue weighted by atomic mass is 16.5. The molecule has 0 aromatic carbocycles. The monoisotopic (exact) mass is 291 g/mol. The average Bonchev–Trinajstić information content (AvgIpc) is 2.99. The summed E-state index contributed by atoms with van der Waals surface area (Å²) >= 11 is 0. The Morgan fingerprint density at radius 3 is 2.62 bits per heavy atom. The van der Waals surface area contributed by atoms with Crippen LogP contribution in [-0.4, -0.2) is 28.2 Å². The first-order chi connectivity index (χ1) is 9.93. The molecule has 0 atom stereocenters. The number of hydrogen-bond donors (Lipinski definition) is 1. The van der Waals surface area contributed by atoms with Gasteiger partial charge in [0, 0.05) is 11.4 Å². The van der Waals surface area contributed by atoms with Gasteiger partial charge < -0.3 is 18.8 Å². The van der Waals surface area contributed by atoms with Crippen molar-refractivity contribution in [2.45, 2.75) is 27.3 Å². The van der Waals surface area contributed by atoms with E-state index in [-0.39, 0.29) is 11.7 Å². The number of carboxylic acid groups (broad SMARTS) is 1. The normalized spacial score (nSPS) is 10.6. The van der Waals surface area contributed by atoms with E-state index < -0.39 is 5.97 Å². The van der Waals surface area contributed by atoms with Crippen LogP contribution in [0.15, 0.2) is 22.6 Å². The summed E-state index contributed by atoms with van der Waals surface area (Å²) in [6.45, 7) is 6.14. The van der Waals surface area contributed by atoms with Crippen LogP contribution >= 0.6 is 0 Å². The quantitative estimate of drug-likeness (QED) is 0.856. The molecular weight excluding hydrogens is 274 g/mol. The number of carbonyl (C=O) groups is 2. The van der Waals surface area contributed by atoms with E-state index in [1.165, 1.54) is 6.07 Å². The number of esters is 1. The number of rotatable bonds is 5. The van der Waals surface area contributed by atoms with E-state index in [9.17, 15) is 9.59 Å². The summed E-state index contributed by atoms with van der Waals surface area (Å²) in [5.74, 6) is -1.04. The maximum atomic E-state index is 11.8. The average molecular weight is 291 g/mol. The molecule has 112 valence electrons. The third-order valence-electron chi connectivity index (χ3n) is 3.26. The molecule has 2 heterocycles. The molecular formula is C15H17NO5. The molecule has 0 fully saturated rings. The molecule has 2 aromatic rings. The molecule has 0 aliphatic heterocycles. The van der Waals surface area contributed by atoms with Crippen LogP contribution in [0.4, 0.5) is 0 Å². The molecule has 0 saturated carbocycles. The van der Waals surface area contributed by atoms with Gasteiger partial charge in [0.1, 0.15) is 5.76 Å². The molecule has 6 heteroatoms. The largest absolute Gasteiger partial charge is 0.475 e. The molecule has 1 N–H and O–H groups in total. The number of hydrogen-bond acceptors (Lipinski definition) is 4. The summed E-state index contributed by atoms with van der Waals surface area (Å²) in [5, 5.41) is 8.85. The third-order valence-corrected chi connectivity index (χ3v) is 3.26. The van der Waals surface area contributed by atoms with Crippen molar-refractivity contribution in [1.29, 1.82) is 0 Å². The number of ether oxygens (including phenoxy) is 1. The van der Waals surface area contributed by atoms with E-state index in [1.54, 1.807) is 19.1 Å². The van der Waals surface area contributed by atoms with Gasteiger partial charge in [0.05, 0.1) is 18.7 Å². The first-order valence-electron chi connectivity index (χ1n) is 6.60. The second-order valence-corrected chi connectivity index (χ2v) is 4.66. The van der Waals surface area contributed by atoms with Gasteiger partial charge in [0.25, 0.3) is 0 Å². The van der Waals surface area contributed by atoms with Gasteiger partial charge in [-0.05, 0) is 39.0 Å². The van der Waals surface area contributed by atoms with Gasteiger partial charge in [0.15, 0.2) is 0 Å². The van der Waals surface area contributed by atoms with E-state index in [0.717, 1.165) is 11.4 Å². The lowest BCUT2D eigenvalue weighted by molar-refractivity contribution is 0.0525. The zero-order valence-corrected chi connectivity index (χ0v) is 12.2. The molecule has 0 spiro atoms. The Kier molecular flexibility index (Phi) is 4.16. The van der Waals surface area contributed by atoms with Gasteiger partial charge >= 0.3 is 11.9 Å². The van der Waals surface area contributed by atoms with Crippen LogP contribution in [0, 0.1) is 13.8 Å². The topological polar surface area (TPSA) is 81.7 Å². The number of aromatic nitrogens is 1. The van der Waals surface area contributed by atoms with Crippen molar-refractivity contribution in [2.75, 3.05) is 6.61 Å². The Bertz CT molecular complexity index is 680. The summed E-state index contributed by atoms with van der Waals surface area (Å²) < 4.78 is 12.1. The minimum Gasteiger partial charge on any atom is -0.475 e. The summed E-state index contributed by atoms with van der Waals surface area (Å²) in [7, 11) is 0.